The molecule has 1 aliphatic heterocycles. The van der Waals surface area contributed by atoms with Crippen molar-refractivity contribution in [2.75, 3.05) is 30.3 Å². The number of carbonyl (C=O) groups excluding carboxylic acids is 1. The van der Waals surface area contributed by atoms with Gasteiger partial charge in [0, 0.05) is 25.6 Å². The van der Waals surface area contributed by atoms with E-state index in [0.29, 0.717) is 13.1 Å². The monoisotopic (exact) mass is 402 g/mol. The molecule has 0 bridgehead atoms. The average Bonchev–Trinajstić information content (AvgIpc) is 3.39. The first-order valence-corrected chi connectivity index (χ1v) is 11.6. The maximum atomic E-state index is 12.3. The normalized spacial score (nSPS) is 18.1. The zero-order valence-electron chi connectivity index (χ0n) is 16.7. The summed E-state index contributed by atoms with van der Waals surface area (Å²) in [7, 11) is 0. The Balaban J connectivity index is 1.51. The highest BCUT2D eigenvalue weighted by molar-refractivity contribution is 7.99. The average molecular weight is 403 g/mol. The van der Waals surface area contributed by atoms with Gasteiger partial charge in [0.25, 0.3) is 0 Å². The first-order chi connectivity index (χ1) is 13.8. The molecule has 2 aromatic rings. The van der Waals surface area contributed by atoms with Crippen LogP contribution in [0.25, 0.3) is 11.0 Å². The van der Waals surface area contributed by atoms with E-state index < -0.39 is 0 Å². The first kappa shape index (κ1) is 19.5. The van der Waals surface area contributed by atoms with Gasteiger partial charge in [0.05, 0.1) is 18.1 Å². The molecule has 1 aliphatic carbocycles. The van der Waals surface area contributed by atoms with Crippen molar-refractivity contribution in [3.05, 3.63) is 6.20 Å². The van der Waals surface area contributed by atoms with Crippen LogP contribution in [0.15, 0.2) is 11.4 Å². The fourth-order valence-corrected chi connectivity index (χ4v) is 4.80. The number of hydrogen-bond acceptors (Lipinski definition) is 6. The zero-order chi connectivity index (χ0) is 19.3. The van der Waals surface area contributed by atoms with Gasteiger partial charge >= 0.3 is 0 Å². The van der Waals surface area contributed by atoms with E-state index in [1.807, 2.05) is 10.9 Å². The lowest BCUT2D eigenvalue weighted by Gasteiger charge is -2.28. The summed E-state index contributed by atoms with van der Waals surface area (Å²) in [5.41, 5.74) is 0.877. The molecule has 1 saturated carbocycles. The molecule has 3 heterocycles. The number of thioether (sulfide) groups is 1. The van der Waals surface area contributed by atoms with Crippen LogP contribution in [0.1, 0.15) is 51.9 Å². The third-order valence-electron chi connectivity index (χ3n) is 5.73. The van der Waals surface area contributed by atoms with Crippen LogP contribution in [-0.2, 0) is 11.3 Å². The Bertz CT molecular complexity index is 810. The maximum absolute atomic E-state index is 12.3. The number of nitrogens with zero attached hydrogens (tertiary/aromatic N) is 5. The number of aromatic nitrogens is 4. The summed E-state index contributed by atoms with van der Waals surface area (Å²) in [6.45, 7) is 5.44. The molecule has 0 aromatic carbocycles. The Labute approximate surface area is 170 Å². The third kappa shape index (κ3) is 4.26. The van der Waals surface area contributed by atoms with Crippen molar-refractivity contribution < 1.29 is 4.79 Å². The van der Waals surface area contributed by atoms with E-state index in [4.69, 9.17) is 9.97 Å². The summed E-state index contributed by atoms with van der Waals surface area (Å²) in [6, 6.07) is 0. The van der Waals surface area contributed by atoms with Gasteiger partial charge in [0.2, 0.25) is 5.91 Å². The molecule has 2 aromatic heterocycles. The standard InChI is InChI=1S/C20H30N6OS/c1-2-28-20-23-17(25-11-6-3-7-12-25)16-14-22-26(18(16)24-20)13-10-21-19(27)15-8-4-5-9-15/h14-15H,2-13H2,1H3,(H,21,27). The molecular weight excluding hydrogens is 372 g/mol. The van der Waals surface area contributed by atoms with Gasteiger partial charge in [0.15, 0.2) is 10.8 Å². The largest absolute Gasteiger partial charge is 0.356 e. The van der Waals surface area contributed by atoms with E-state index in [1.165, 1.54) is 32.1 Å². The van der Waals surface area contributed by atoms with Crippen molar-refractivity contribution in [3.63, 3.8) is 0 Å². The number of amides is 1. The lowest BCUT2D eigenvalue weighted by molar-refractivity contribution is -0.124. The molecule has 152 valence electrons. The molecule has 1 saturated heterocycles. The van der Waals surface area contributed by atoms with Gasteiger partial charge in [0.1, 0.15) is 5.82 Å². The number of carbonyl (C=O) groups is 1. The Kier molecular flexibility index (Phi) is 6.34. The van der Waals surface area contributed by atoms with Gasteiger partial charge in [-0.1, -0.05) is 31.5 Å². The Hall–Kier alpha value is -1.83. The van der Waals surface area contributed by atoms with Gasteiger partial charge in [-0.3, -0.25) is 4.79 Å². The van der Waals surface area contributed by atoms with E-state index in [0.717, 1.165) is 53.7 Å². The number of hydrogen-bond donors (Lipinski definition) is 1. The molecule has 0 spiro atoms. The minimum absolute atomic E-state index is 0.194. The summed E-state index contributed by atoms with van der Waals surface area (Å²) in [4.78, 5) is 24.2. The van der Waals surface area contributed by atoms with Crippen LogP contribution in [0, 0.1) is 5.92 Å². The summed E-state index contributed by atoms with van der Waals surface area (Å²) in [5, 5.41) is 9.49. The molecule has 4 rings (SSSR count). The van der Waals surface area contributed by atoms with E-state index in [9.17, 15) is 4.79 Å². The number of rotatable bonds is 7. The van der Waals surface area contributed by atoms with Gasteiger partial charge in [-0.05, 0) is 37.9 Å². The van der Waals surface area contributed by atoms with Crippen LogP contribution in [0.2, 0.25) is 0 Å². The van der Waals surface area contributed by atoms with Crippen molar-refractivity contribution in [1.82, 2.24) is 25.1 Å². The smallest absolute Gasteiger partial charge is 0.223 e. The first-order valence-electron chi connectivity index (χ1n) is 10.6. The summed E-state index contributed by atoms with van der Waals surface area (Å²) < 4.78 is 1.92. The fourth-order valence-electron chi connectivity index (χ4n) is 4.24. The predicted octanol–water partition coefficient (Wildman–Crippen LogP) is 3.24. The van der Waals surface area contributed by atoms with Gasteiger partial charge < -0.3 is 10.2 Å². The molecule has 7 nitrogen and oxygen atoms in total. The number of anilines is 1. The highest BCUT2D eigenvalue weighted by Crippen LogP contribution is 2.29. The fraction of sp³-hybridized carbons (Fsp3) is 0.700. The lowest BCUT2D eigenvalue weighted by Crippen LogP contribution is -2.32. The molecule has 1 amide bonds. The number of nitrogens with one attached hydrogen (secondary N) is 1. The van der Waals surface area contributed by atoms with Crippen molar-refractivity contribution in [1.29, 1.82) is 0 Å². The van der Waals surface area contributed by atoms with E-state index in [2.05, 4.69) is 22.2 Å². The lowest BCUT2D eigenvalue weighted by atomic mass is 10.1. The summed E-state index contributed by atoms with van der Waals surface area (Å²) in [5.74, 6) is 2.35. The quantitative estimate of drug-likeness (QED) is 0.566. The molecule has 8 heteroatoms. The topological polar surface area (TPSA) is 75.9 Å². The molecule has 28 heavy (non-hydrogen) atoms. The predicted molar refractivity (Wildman–Crippen MR) is 113 cm³/mol. The van der Waals surface area contributed by atoms with Crippen LogP contribution in [-0.4, -0.2) is 51.0 Å². The Morgan fingerprint density at radius 2 is 1.96 bits per heavy atom. The second kappa shape index (κ2) is 9.11. The second-order valence-corrected chi connectivity index (χ2v) is 8.92. The van der Waals surface area contributed by atoms with Crippen molar-refractivity contribution in [2.45, 2.75) is 63.6 Å². The number of piperidine rings is 1. The second-order valence-electron chi connectivity index (χ2n) is 7.69. The van der Waals surface area contributed by atoms with E-state index >= 15 is 0 Å². The van der Waals surface area contributed by atoms with Gasteiger partial charge in [-0.2, -0.15) is 5.10 Å². The SMILES string of the molecule is CCSc1nc(N2CCCCC2)c2cnn(CCNC(=O)C3CCCC3)c2n1. The third-order valence-corrected chi connectivity index (χ3v) is 6.46. The highest BCUT2D eigenvalue weighted by Gasteiger charge is 2.23. The van der Waals surface area contributed by atoms with E-state index in [-0.39, 0.29) is 11.8 Å². The van der Waals surface area contributed by atoms with Crippen LogP contribution in [0.4, 0.5) is 5.82 Å². The maximum Gasteiger partial charge on any atom is 0.223 e. The Morgan fingerprint density at radius 1 is 1.18 bits per heavy atom. The molecule has 0 radical (unpaired) electrons. The van der Waals surface area contributed by atoms with Crippen molar-refractivity contribution in [3.8, 4) is 0 Å². The van der Waals surface area contributed by atoms with Gasteiger partial charge in [-0.15, -0.1) is 0 Å². The number of fused-ring (bicyclic) bond motifs is 1. The van der Waals surface area contributed by atoms with Crippen LogP contribution < -0.4 is 10.2 Å². The van der Waals surface area contributed by atoms with E-state index in [1.54, 1.807) is 11.8 Å². The minimum atomic E-state index is 0.194. The molecular formula is C20H30N6OS. The van der Waals surface area contributed by atoms with Crippen LogP contribution in [0.5, 0.6) is 0 Å². The Morgan fingerprint density at radius 3 is 2.71 bits per heavy atom. The summed E-state index contributed by atoms with van der Waals surface area (Å²) in [6.07, 6.45) is 10.0. The summed E-state index contributed by atoms with van der Waals surface area (Å²) >= 11 is 1.67. The van der Waals surface area contributed by atoms with Crippen molar-refractivity contribution >= 4 is 34.5 Å². The zero-order valence-corrected chi connectivity index (χ0v) is 17.5. The highest BCUT2D eigenvalue weighted by atomic mass is 32.2. The molecule has 1 N–H and O–H groups in total. The minimum Gasteiger partial charge on any atom is -0.356 e. The van der Waals surface area contributed by atoms with Crippen LogP contribution in [0.3, 0.4) is 0 Å². The van der Waals surface area contributed by atoms with Crippen LogP contribution >= 0.6 is 11.8 Å². The molecule has 2 fully saturated rings. The molecule has 0 atom stereocenters. The van der Waals surface area contributed by atoms with Gasteiger partial charge in [-0.25, -0.2) is 14.6 Å². The molecule has 2 aliphatic rings. The molecule has 0 unspecified atom stereocenters. The van der Waals surface area contributed by atoms with Crippen molar-refractivity contribution in [2.24, 2.45) is 5.92 Å².